The molecule has 3 aromatic rings. The first kappa shape index (κ1) is 12.5. The number of benzene rings is 1. The second kappa shape index (κ2) is 5.23. The number of aryl methyl sites for hydroxylation is 1. The lowest BCUT2D eigenvalue weighted by atomic mass is 10.3. The van der Waals surface area contributed by atoms with Crippen molar-refractivity contribution in [3.63, 3.8) is 0 Å². The summed E-state index contributed by atoms with van der Waals surface area (Å²) in [7, 11) is 0. The first-order chi connectivity index (χ1) is 9.24. The number of halogens is 1. The maximum absolute atomic E-state index is 6.01. The third kappa shape index (κ3) is 2.74. The van der Waals surface area contributed by atoms with Gasteiger partial charge in [0.05, 0.1) is 20.9 Å². The van der Waals surface area contributed by atoms with Crippen LogP contribution in [0.4, 0.5) is 0 Å². The van der Waals surface area contributed by atoms with Crippen LogP contribution in [0.25, 0.3) is 10.2 Å². The first-order valence-electron chi connectivity index (χ1n) is 6.11. The van der Waals surface area contributed by atoms with Gasteiger partial charge in [0.2, 0.25) is 0 Å². The van der Waals surface area contributed by atoms with E-state index in [0.29, 0.717) is 11.6 Å². The molecule has 5 heteroatoms. The van der Waals surface area contributed by atoms with Crippen LogP contribution in [0.1, 0.15) is 23.4 Å². The maximum atomic E-state index is 6.01. The SMILES string of the molecule is CCc1nc(Cl)cc(Cc2nc3ccccc3s2)n1. The number of para-hydroxylation sites is 1. The summed E-state index contributed by atoms with van der Waals surface area (Å²) in [5, 5.41) is 1.56. The number of hydrogen-bond donors (Lipinski definition) is 0. The van der Waals surface area contributed by atoms with Crippen LogP contribution in [0.15, 0.2) is 30.3 Å². The lowest BCUT2D eigenvalue weighted by Crippen LogP contribution is -1.99. The van der Waals surface area contributed by atoms with E-state index in [2.05, 4.69) is 21.0 Å². The Morgan fingerprint density at radius 1 is 1.16 bits per heavy atom. The third-order valence-electron chi connectivity index (χ3n) is 2.78. The van der Waals surface area contributed by atoms with E-state index in [-0.39, 0.29) is 0 Å². The standard InChI is InChI=1S/C14H12ClN3S/c1-2-13-16-9(7-12(15)18-13)8-14-17-10-5-3-4-6-11(10)19-14/h3-7H,2,8H2,1H3. The van der Waals surface area contributed by atoms with Gasteiger partial charge >= 0.3 is 0 Å². The quantitative estimate of drug-likeness (QED) is 0.687. The molecular weight excluding hydrogens is 278 g/mol. The second-order valence-electron chi connectivity index (χ2n) is 4.20. The summed E-state index contributed by atoms with van der Waals surface area (Å²) >= 11 is 7.70. The molecule has 0 spiro atoms. The van der Waals surface area contributed by atoms with Crippen molar-refractivity contribution in [3.05, 3.63) is 52.0 Å². The molecule has 0 radical (unpaired) electrons. The van der Waals surface area contributed by atoms with Crippen LogP contribution >= 0.6 is 22.9 Å². The van der Waals surface area contributed by atoms with Crippen molar-refractivity contribution < 1.29 is 0 Å². The van der Waals surface area contributed by atoms with Crippen molar-refractivity contribution in [3.8, 4) is 0 Å². The lowest BCUT2D eigenvalue weighted by Gasteiger charge is -2.01. The minimum Gasteiger partial charge on any atom is -0.241 e. The molecule has 1 aromatic carbocycles. The summed E-state index contributed by atoms with van der Waals surface area (Å²) in [4.78, 5) is 13.3. The molecule has 0 aliphatic carbocycles. The van der Waals surface area contributed by atoms with Crippen LogP contribution in [0.5, 0.6) is 0 Å². The Labute approximate surface area is 120 Å². The molecule has 2 heterocycles. The van der Waals surface area contributed by atoms with Crippen LogP contribution in [-0.4, -0.2) is 15.0 Å². The van der Waals surface area contributed by atoms with Gasteiger partial charge in [0.1, 0.15) is 11.0 Å². The lowest BCUT2D eigenvalue weighted by molar-refractivity contribution is 0.896. The van der Waals surface area contributed by atoms with E-state index in [1.807, 2.05) is 31.2 Å². The molecule has 0 saturated heterocycles. The van der Waals surface area contributed by atoms with E-state index in [4.69, 9.17) is 11.6 Å². The van der Waals surface area contributed by atoms with Crippen LogP contribution in [0, 0.1) is 0 Å². The molecule has 0 bridgehead atoms. The van der Waals surface area contributed by atoms with Gasteiger partial charge in [-0.05, 0) is 18.2 Å². The van der Waals surface area contributed by atoms with E-state index >= 15 is 0 Å². The minimum atomic E-state index is 0.503. The van der Waals surface area contributed by atoms with Crippen molar-refractivity contribution >= 4 is 33.2 Å². The van der Waals surface area contributed by atoms with Gasteiger partial charge < -0.3 is 0 Å². The van der Waals surface area contributed by atoms with Crippen LogP contribution in [0.3, 0.4) is 0 Å². The zero-order valence-corrected chi connectivity index (χ0v) is 12.0. The summed E-state index contributed by atoms with van der Waals surface area (Å²) in [5.74, 6) is 0.781. The molecule has 3 nitrogen and oxygen atoms in total. The fourth-order valence-corrected chi connectivity index (χ4v) is 3.12. The van der Waals surface area contributed by atoms with Gasteiger partial charge in [-0.1, -0.05) is 30.7 Å². The Balaban J connectivity index is 1.94. The highest BCUT2D eigenvalue weighted by Crippen LogP contribution is 2.23. The predicted molar refractivity (Wildman–Crippen MR) is 78.8 cm³/mol. The average Bonchev–Trinajstić information content (AvgIpc) is 2.80. The molecule has 0 fully saturated rings. The van der Waals surface area contributed by atoms with Crippen molar-refractivity contribution in [2.75, 3.05) is 0 Å². The Bertz CT molecular complexity index is 691. The Morgan fingerprint density at radius 3 is 2.79 bits per heavy atom. The fraction of sp³-hybridized carbons (Fsp3) is 0.214. The van der Waals surface area contributed by atoms with Crippen LogP contribution in [-0.2, 0) is 12.8 Å². The maximum Gasteiger partial charge on any atom is 0.133 e. The molecule has 2 aromatic heterocycles. The van der Waals surface area contributed by atoms with Crippen molar-refractivity contribution in [1.82, 2.24) is 15.0 Å². The zero-order chi connectivity index (χ0) is 13.2. The molecular formula is C14H12ClN3S. The topological polar surface area (TPSA) is 38.7 Å². The number of rotatable bonds is 3. The van der Waals surface area contributed by atoms with Gasteiger partial charge in [-0.15, -0.1) is 11.3 Å². The number of aromatic nitrogens is 3. The summed E-state index contributed by atoms with van der Waals surface area (Å²) in [6.07, 6.45) is 1.49. The number of nitrogens with zero attached hydrogens (tertiary/aromatic N) is 3. The smallest absolute Gasteiger partial charge is 0.133 e. The zero-order valence-electron chi connectivity index (χ0n) is 10.4. The largest absolute Gasteiger partial charge is 0.241 e. The van der Waals surface area contributed by atoms with Gasteiger partial charge in [-0.25, -0.2) is 15.0 Å². The number of fused-ring (bicyclic) bond motifs is 1. The second-order valence-corrected chi connectivity index (χ2v) is 5.71. The molecule has 3 rings (SSSR count). The molecule has 19 heavy (non-hydrogen) atoms. The highest BCUT2D eigenvalue weighted by atomic mass is 35.5. The molecule has 0 saturated carbocycles. The van der Waals surface area contributed by atoms with E-state index < -0.39 is 0 Å². The van der Waals surface area contributed by atoms with Crippen molar-refractivity contribution in [1.29, 1.82) is 0 Å². The van der Waals surface area contributed by atoms with Crippen LogP contribution < -0.4 is 0 Å². The normalized spacial score (nSPS) is 11.1. The van der Waals surface area contributed by atoms with Crippen molar-refractivity contribution in [2.45, 2.75) is 19.8 Å². The Morgan fingerprint density at radius 2 is 2.00 bits per heavy atom. The van der Waals surface area contributed by atoms with Crippen LogP contribution in [0.2, 0.25) is 5.15 Å². The Hall–Kier alpha value is -1.52. The number of hydrogen-bond acceptors (Lipinski definition) is 4. The van der Waals surface area contributed by atoms with E-state index in [9.17, 15) is 0 Å². The summed E-state index contributed by atoms with van der Waals surface area (Å²) in [6, 6.07) is 9.96. The molecule has 0 atom stereocenters. The highest BCUT2D eigenvalue weighted by Gasteiger charge is 2.07. The fourth-order valence-electron chi connectivity index (χ4n) is 1.92. The van der Waals surface area contributed by atoms with E-state index in [1.165, 1.54) is 4.70 Å². The summed E-state index contributed by atoms with van der Waals surface area (Å²) in [5.41, 5.74) is 1.97. The van der Waals surface area contributed by atoms with Gasteiger partial charge in [0, 0.05) is 12.8 Å². The van der Waals surface area contributed by atoms with Gasteiger partial charge in [0.15, 0.2) is 0 Å². The average molecular weight is 290 g/mol. The van der Waals surface area contributed by atoms with Gasteiger partial charge in [0.25, 0.3) is 0 Å². The minimum absolute atomic E-state index is 0.503. The van der Waals surface area contributed by atoms with Crippen molar-refractivity contribution in [2.24, 2.45) is 0 Å². The molecule has 0 aliphatic heterocycles. The first-order valence-corrected chi connectivity index (χ1v) is 7.31. The predicted octanol–water partition coefficient (Wildman–Crippen LogP) is 3.89. The van der Waals surface area contributed by atoms with Gasteiger partial charge in [-0.3, -0.25) is 0 Å². The molecule has 96 valence electrons. The molecule has 0 N–H and O–H groups in total. The number of thiazole rings is 1. The van der Waals surface area contributed by atoms with Gasteiger partial charge in [-0.2, -0.15) is 0 Å². The molecule has 0 aliphatic rings. The summed E-state index contributed by atoms with van der Waals surface area (Å²) < 4.78 is 1.20. The highest BCUT2D eigenvalue weighted by molar-refractivity contribution is 7.18. The summed E-state index contributed by atoms with van der Waals surface area (Å²) in [6.45, 7) is 2.02. The monoisotopic (exact) mass is 289 g/mol. The van der Waals surface area contributed by atoms with E-state index in [1.54, 1.807) is 11.3 Å². The third-order valence-corrected chi connectivity index (χ3v) is 4.01. The molecule has 0 unspecified atom stereocenters. The Kier molecular flexibility index (Phi) is 3.44. The van der Waals surface area contributed by atoms with E-state index in [0.717, 1.165) is 28.5 Å². The molecule has 0 amide bonds.